The SMILES string of the molecule is CC(=O)c1ccc(N2CCN(C(=O)CCC(=O)c3ccc4c(c3)CCC4)CC2)c(F)c1. The number of ketones is 2. The number of Topliss-reactive ketones (excluding diaryl/α,β-unsaturated/α-hetero) is 2. The number of aryl methyl sites for hydroxylation is 2. The zero-order valence-corrected chi connectivity index (χ0v) is 17.8. The predicted molar refractivity (Wildman–Crippen MR) is 117 cm³/mol. The van der Waals surface area contributed by atoms with E-state index in [1.165, 1.54) is 24.1 Å². The van der Waals surface area contributed by atoms with E-state index in [9.17, 15) is 18.8 Å². The van der Waals surface area contributed by atoms with E-state index in [1.54, 1.807) is 17.0 Å². The Balaban J connectivity index is 1.28. The van der Waals surface area contributed by atoms with E-state index in [-0.39, 0.29) is 30.3 Å². The molecule has 31 heavy (non-hydrogen) atoms. The maximum atomic E-state index is 14.4. The van der Waals surface area contributed by atoms with E-state index in [1.807, 2.05) is 23.1 Å². The molecule has 1 amide bonds. The fourth-order valence-electron chi connectivity index (χ4n) is 4.45. The number of anilines is 1. The van der Waals surface area contributed by atoms with Gasteiger partial charge in [-0.15, -0.1) is 0 Å². The van der Waals surface area contributed by atoms with Crippen LogP contribution in [0.15, 0.2) is 36.4 Å². The average molecular weight is 423 g/mol. The van der Waals surface area contributed by atoms with Crippen LogP contribution in [0.4, 0.5) is 10.1 Å². The van der Waals surface area contributed by atoms with Gasteiger partial charge in [0.1, 0.15) is 5.82 Å². The first-order valence-electron chi connectivity index (χ1n) is 10.9. The monoisotopic (exact) mass is 422 g/mol. The molecule has 0 radical (unpaired) electrons. The molecule has 0 atom stereocenters. The van der Waals surface area contributed by atoms with E-state index in [0.717, 1.165) is 19.3 Å². The third kappa shape index (κ3) is 4.68. The molecule has 0 N–H and O–H groups in total. The van der Waals surface area contributed by atoms with Crippen molar-refractivity contribution in [2.24, 2.45) is 0 Å². The molecule has 0 aromatic heterocycles. The number of carbonyl (C=O) groups excluding carboxylic acids is 3. The predicted octanol–water partition coefficient (Wildman–Crippen LogP) is 3.83. The van der Waals surface area contributed by atoms with Gasteiger partial charge in [-0.2, -0.15) is 0 Å². The first-order chi connectivity index (χ1) is 14.9. The number of nitrogens with zero attached hydrogens (tertiary/aromatic N) is 2. The van der Waals surface area contributed by atoms with E-state index >= 15 is 0 Å². The number of carbonyl (C=O) groups is 3. The standard InChI is InChI=1S/C25H27FN2O3/c1-17(29)19-7-8-23(22(26)16-19)27-11-13-28(14-12-27)25(31)10-9-24(30)21-6-5-18-3-2-4-20(18)15-21/h5-8,15-16H,2-4,9-14H2,1H3. The minimum absolute atomic E-state index is 0.00863. The molecule has 6 heteroatoms. The molecule has 0 bridgehead atoms. The van der Waals surface area contributed by atoms with Crippen LogP contribution in [-0.4, -0.2) is 48.6 Å². The molecule has 1 fully saturated rings. The molecular formula is C25H27FN2O3. The quantitative estimate of drug-likeness (QED) is 0.664. The number of fused-ring (bicyclic) bond motifs is 1. The molecule has 1 heterocycles. The molecule has 2 aliphatic rings. The Morgan fingerprint density at radius 3 is 2.29 bits per heavy atom. The lowest BCUT2D eigenvalue weighted by Gasteiger charge is -2.36. The normalized spacial score (nSPS) is 15.7. The summed E-state index contributed by atoms with van der Waals surface area (Å²) in [6.07, 6.45) is 3.65. The fraction of sp³-hybridized carbons (Fsp3) is 0.400. The van der Waals surface area contributed by atoms with Crippen LogP contribution >= 0.6 is 0 Å². The van der Waals surface area contributed by atoms with Gasteiger partial charge < -0.3 is 9.80 Å². The Bertz CT molecular complexity index is 1030. The van der Waals surface area contributed by atoms with Crippen molar-refractivity contribution in [3.05, 3.63) is 64.5 Å². The molecule has 0 saturated carbocycles. The Hall–Kier alpha value is -3.02. The number of rotatable bonds is 6. The van der Waals surface area contributed by atoms with Gasteiger partial charge in [0.05, 0.1) is 5.69 Å². The highest BCUT2D eigenvalue weighted by atomic mass is 19.1. The van der Waals surface area contributed by atoms with Crippen LogP contribution < -0.4 is 4.90 Å². The molecule has 1 saturated heterocycles. The topological polar surface area (TPSA) is 57.7 Å². The smallest absolute Gasteiger partial charge is 0.223 e. The van der Waals surface area contributed by atoms with Gasteiger partial charge in [0.25, 0.3) is 0 Å². The van der Waals surface area contributed by atoms with Crippen molar-refractivity contribution < 1.29 is 18.8 Å². The summed E-state index contributed by atoms with van der Waals surface area (Å²) in [6.45, 7) is 3.41. The van der Waals surface area contributed by atoms with Crippen molar-refractivity contribution >= 4 is 23.2 Å². The molecule has 5 nitrogen and oxygen atoms in total. The van der Waals surface area contributed by atoms with Crippen molar-refractivity contribution in [3.8, 4) is 0 Å². The van der Waals surface area contributed by atoms with E-state index in [2.05, 4.69) is 0 Å². The number of amides is 1. The summed E-state index contributed by atoms with van der Waals surface area (Å²) in [4.78, 5) is 40.2. The second-order valence-electron chi connectivity index (χ2n) is 8.35. The van der Waals surface area contributed by atoms with Gasteiger partial charge in [-0.25, -0.2) is 4.39 Å². The summed E-state index contributed by atoms with van der Waals surface area (Å²) in [5.74, 6) is -0.626. The van der Waals surface area contributed by atoms with Crippen molar-refractivity contribution in [1.29, 1.82) is 0 Å². The van der Waals surface area contributed by atoms with Crippen molar-refractivity contribution in [2.45, 2.75) is 39.0 Å². The number of hydrogen-bond donors (Lipinski definition) is 0. The van der Waals surface area contributed by atoms with Crippen LogP contribution in [0.25, 0.3) is 0 Å². The minimum Gasteiger partial charge on any atom is -0.366 e. The number of benzene rings is 2. The third-order valence-corrected chi connectivity index (χ3v) is 6.31. The number of halogens is 1. The van der Waals surface area contributed by atoms with Gasteiger partial charge in [-0.1, -0.05) is 12.1 Å². The number of piperazine rings is 1. The average Bonchev–Trinajstić information content (AvgIpc) is 3.25. The van der Waals surface area contributed by atoms with Crippen LogP contribution in [0.3, 0.4) is 0 Å². The first kappa shape index (κ1) is 21.2. The van der Waals surface area contributed by atoms with E-state index in [0.29, 0.717) is 43.0 Å². The molecule has 0 unspecified atom stereocenters. The summed E-state index contributed by atoms with van der Waals surface area (Å²) in [5, 5.41) is 0. The second kappa shape index (κ2) is 9.00. The third-order valence-electron chi connectivity index (χ3n) is 6.31. The van der Waals surface area contributed by atoms with Gasteiger partial charge in [0.15, 0.2) is 11.6 Å². The Morgan fingerprint density at radius 1 is 0.871 bits per heavy atom. The summed E-state index contributed by atoms with van der Waals surface area (Å²) >= 11 is 0. The zero-order chi connectivity index (χ0) is 22.0. The highest BCUT2D eigenvalue weighted by molar-refractivity contribution is 5.98. The molecule has 162 valence electrons. The molecule has 2 aromatic carbocycles. The van der Waals surface area contributed by atoms with Gasteiger partial charge in [-0.05, 0) is 61.6 Å². The first-order valence-corrected chi connectivity index (χ1v) is 10.9. The maximum Gasteiger partial charge on any atom is 0.223 e. The van der Waals surface area contributed by atoms with Gasteiger partial charge in [0, 0.05) is 50.1 Å². The van der Waals surface area contributed by atoms with E-state index < -0.39 is 5.82 Å². The van der Waals surface area contributed by atoms with Crippen LogP contribution in [0.2, 0.25) is 0 Å². The summed E-state index contributed by atoms with van der Waals surface area (Å²) in [5.41, 5.74) is 4.09. The fourth-order valence-corrected chi connectivity index (χ4v) is 4.45. The maximum absolute atomic E-state index is 14.4. The van der Waals surface area contributed by atoms with Crippen molar-refractivity contribution in [2.75, 3.05) is 31.1 Å². The van der Waals surface area contributed by atoms with E-state index in [4.69, 9.17) is 0 Å². The Morgan fingerprint density at radius 2 is 1.58 bits per heavy atom. The molecule has 2 aromatic rings. The Kier molecular flexibility index (Phi) is 6.16. The lowest BCUT2D eigenvalue weighted by atomic mass is 10.0. The molecule has 1 aliphatic carbocycles. The van der Waals surface area contributed by atoms with Crippen molar-refractivity contribution in [1.82, 2.24) is 4.90 Å². The lowest BCUT2D eigenvalue weighted by molar-refractivity contribution is -0.131. The summed E-state index contributed by atoms with van der Waals surface area (Å²) < 4.78 is 14.4. The highest BCUT2D eigenvalue weighted by Gasteiger charge is 2.24. The highest BCUT2D eigenvalue weighted by Crippen LogP contribution is 2.24. The Labute approximate surface area is 181 Å². The second-order valence-corrected chi connectivity index (χ2v) is 8.35. The van der Waals surface area contributed by atoms with Crippen LogP contribution in [-0.2, 0) is 17.6 Å². The van der Waals surface area contributed by atoms with Gasteiger partial charge in [-0.3, -0.25) is 14.4 Å². The van der Waals surface area contributed by atoms with Crippen LogP contribution in [0.5, 0.6) is 0 Å². The van der Waals surface area contributed by atoms with Gasteiger partial charge in [0.2, 0.25) is 5.91 Å². The van der Waals surface area contributed by atoms with Crippen LogP contribution in [0, 0.1) is 5.82 Å². The minimum atomic E-state index is -0.424. The lowest BCUT2D eigenvalue weighted by Crippen LogP contribution is -2.49. The summed E-state index contributed by atoms with van der Waals surface area (Å²) in [6, 6.07) is 10.4. The summed E-state index contributed by atoms with van der Waals surface area (Å²) in [7, 11) is 0. The van der Waals surface area contributed by atoms with Crippen molar-refractivity contribution in [3.63, 3.8) is 0 Å². The molecule has 0 spiro atoms. The van der Waals surface area contributed by atoms with Gasteiger partial charge >= 0.3 is 0 Å². The largest absolute Gasteiger partial charge is 0.366 e. The molecule has 4 rings (SSSR count). The zero-order valence-electron chi connectivity index (χ0n) is 17.8. The van der Waals surface area contributed by atoms with Crippen LogP contribution in [0.1, 0.15) is 58.0 Å². The molecule has 1 aliphatic heterocycles. The number of hydrogen-bond acceptors (Lipinski definition) is 4. The molecular weight excluding hydrogens is 395 g/mol.